The van der Waals surface area contributed by atoms with Crippen molar-refractivity contribution in [2.75, 3.05) is 7.11 Å². The predicted molar refractivity (Wildman–Crippen MR) is 95.3 cm³/mol. The van der Waals surface area contributed by atoms with E-state index in [9.17, 15) is 23.3 Å². The molecule has 138 valence electrons. The van der Waals surface area contributed by atoms with E-state index in [1.54, 1.807) is 18.2 Å². The van der Waals surface area contributed by atoms with Gasteiger partial charge in [-0.05, 0) is 35.4 Å². The minimum absolute atomic E-state index is 0.173. The number of hydrogen-bond acceptors (Lipinski definition) is 4. The predicted octanol–water partition coefficient (Wildman–Crippen LogP) is 5.34. The molecule has 0 radical (unpaired) electrons. The number of ether oxygens (including phenoxy) is 1. The fourth-order valence-electron chi connectivity index (χ4n) is 2.64. The molecule has 8 heteroatoms. The number of aromatic nitrogens is 1. The number of benzene rings is 2. The van der Waals surface area contributed by atoms with Gasteiger partial charge in [-0.2, -0.15) is 13.2 Å². The first-order chi connectivity index (χ1) is 12.8. The Hall–Kier alpha value is -3.42. The molecule has 0 saturated heterocycles. The highest BCUT2D eigenvalue weighted by atomic mass is 19.4. The summed E-state index contributed by atoms with van der Waals surface area (Å²) in [6.07, 6.45) is 0.0762. The summed E-state index contributed by atoms with van der Waals surface area (Å²) in [5, 5.41) is 11.8. The molecule has 0 aliphatic heterocycles. The van der Waals surface area contributed by atoms with Gasteiger partial charge in [-0.1, -0.05) is 24.3 Å². The average Bonchev–Trinajstić information content (AvgIpc) is 2.64. The molecule has 0 fully saturated rings. The van der Waals surface area contributed by atoms with E-state index in [2.05, 4.69) is 4.98 Å². The molecule has 0 saturated carbocycles. The number of alkyl halides is 3. The van der Waals surface area contributed by atoms with E-state index in [0.717, 1.165) is 12.1 Å². The van der Waals surface area contributed by atoms with Crippen LogP contribution in [-0.4, -0.2) is 17.0 Å². The molecule has 5 nitrogen and oxygen atoms in total. The van der Waals surface area contributed by atoms with E-state index in [1.807, 2.05) is 0 Å². The highest BCUT2D eigenvalue weighted by molar-refractivity contribution is 5.96. The van der Waals surface area contributed by atoms with Crippen LogP contribution in [0.3, 0.4) is 0 Å². The van der Waals surface area contributed by atoms with Gasteiger partial charge in [0.25, 0.3) is 5.69 Å². The lowest BCUT2D eigenvalue weighted by molar-refractivity contribution is -0.383. The number of fused-ring (bicyclic) bond motifs is 1. The van der Waals surface area contributed by atoms with Crippen molar-refractivity contribution in [1.82, 2.24) is 4.98 Å². The maximum Gasteiger partial charge on any atom is 0.416 e. The number of nitro groups is 1. The molecule has 0 aliphatic rings. The Morgan fingerprint density at radius 2 is 1.93 bits per heavy atom. The maximum absolute atomic E-state index is 12.8. The Bertz CT molecular complexity index is 1050. The highest BCUT2D eigenvalue weighted by Crippen LogP contribution is 2.33. The van der Waals surface area contributed by atoms with Crippen molar-refractivity contribution in [3.05, 3.63) is 75.5 Å². The molecular weight excluding hydrogens is 361 g/mol. The number of halogens is 3. The van der Waals surface area contributed by atoms with Gasteiger partial charge in [0, 0.05) is 11.6 Å². The molecule has 0 spiro atoms. The van der Waals surface area contributed by atoms with Crippen LogP contribution < -0.4 is 4.74 Å². The molecule has 0 unspecified atom stereocenters. The molecule has 27 heavy (non-hydrogen) atoms. The summed E-state index contributed by atoms with van der Waals surface area (Å²) in [5.41, 5.74) is 0.138. The molecule has 0 amide bonds. The summed E-state index contributed by atoms with van der Waals surface area (Å²) < 4.78 is 43.6. The van der Waals surface area contributed by atoms with E-state index >= 15 is 0 Å². The molecule has 2 aromatic carbocycles. The lowest BCUT2D eigenvalue weighted by atomic mass is 10.0. The van der Waals surface area contributed by atoms with Crippen LogP contribution in [0.5, 0.6) is 5.75 Å². The third kappa shape index (κ3) is 3.89. The standard InChI is InChI=1S/C19H13F3N2O3/c1-27-15-10-16-13(7-8-23-18(16)17(11-15)24(25)26)6-5-12-3-2-4-14(9-12)19(20,21)22/h2-11H,1H3. The zero-order valence-electron chi connectivity index (χ0n) is 14.0. The quantitative estimate of drug-likeness (QED) is 0.457. The lowest BCUT2D eigenvalue weighted by Gasteiger charge is -2.07. The van der Waals surface area contributed by atoms with Crippen molar-refractivity contribution in [2.45, 2.75) is 6.18 Å². The van der Waals surface area contributed by atoms with Crippen LogP contribution in [0.1, 0.15) is 16.7 Å². The maximum atomic E-state index is 12.8. The molecule has 0 atom stereocenters. The van der Waals surface area contributed by atoms with Gasteiger partial charge in [0.15, 0.2) is 0 Å². The summed E-state index contributed by atoms with van der Waals surface area (Å²) in [6.45, 7) is 0. The van der Waals surface area contributed by atoms with Gasteiger partial charge >= 0.3 is 6.18 Å². The summed E-state index contributed by atoms with van der Waals surface area (Å²) in [7, 11) is 1.39. The normalized spacial score (nSPS) is 11.9. The van der Waals surface area contributed by atoms with Crippen molar-refractivity contribution in [3.8, 4) is 5.75 Å². The fourth-order valence-corrected chi connectivity index (χ4v) is 2.64. The van der Waals surface area contributed by atoms with Gasteiger partial charge in [-0.25, -0.2) is 4.98 Å². The zero-order valence-corrected chi connectivity index (χ0v) is 14.0. The van der Waals surface area contributed by atoms with E-state index < -0.39 is 16.7 Å². The van der Waals surface area contributed by atoms with E-state index in [4.69, 9.17) is 4.74 Å². The molecule has 1 aromatic heterocycles. The number of non-ortho nitro benzene ring substituents is 1. The second-order valence-electron chi connectivity index (χ2n) is 5.66. The lowest BCUT2D eigenvalue weighted by Crippen LogP contribution is -2.04. The first-order valence-corrected chi connectivity index (χ1v) is 7.76. The number of nitrogens with zero attached hydrogens (tertiary/aromatic N) is 2. The van der Waals surface area contributed by atoms with E-state index in [0.29, 0.717) is 16.5 Å². The van der Waals surface area contributed by atoms with Crippen molar-refractivity contribution in [1.29, 1.82) is 0 Å². The van der Waals surface area contributed by atoms with Crippen LogP contribution in [0.4, 0.5) is 18.9 Å². The largest absolute Gasteiger partial charge is 0.496 e. The van der Waals surface area contributed by atoms with Crippen molar-refractivity contribution in [3.63, 3.8) is 0 Å². The molecule has 3 aromatic rings. The van der Waals surface area contributed by atoms with Gasteiger partial charge in [0.05, 0.1) is 23.7 Å². The summed E-state index contributed by atoms with van der Waals surface area (Å²) >= 11 is 0. The molecular formula is C19H13F3N2O3. The minimum atomic E-state index is -4.43. The third-order valence-corrected chi connectivity index (χ3v) is 3.93. The Morgan fingerprint density at radius 1 is 1.15 bits per heavy atom. The number of methoxy groups -OCH3 is 1. The van der Waals surface area contributed by atoms with E-state index in [-0.39, 0.29) is 17.0 Å². The van der Waals surface area contributed by atoms with Gasteiger partial charge in [-0.3, -0.25) is 10.1 Å². The molecule has 1 heterocycles. The fraction of sp³-hybridized carbons (Fsp3) is 0.105. The Kier molecular flexibility index (Phi) is 4.81. The summed E-state index contributed by atoms with van der Waals surface area (Å²) in [4.78, 5) is 14.8. The smallest absolute Gasteiger partial charge is 0.416 e. The van der Waals surface area contributed by atoms with Crippen molar-refractivity contribution in [2.24, 2.45) is 0 Å². The topological polar surface area (TPSA) is 65.3 Å². The van der Waals surface area contributed by atoms with Crippen LogP contribution in [0.15, 0.2) is 48.7 Å². The second-order valence-corrected chi connectivity index (χ2v) is 5.66. The van der Waals surface area contributed by atoms with Gasteiger partial charge in [-0.15, -0.1) is 0 Å². The molecule has 0 N–H and O–H groups in total. The molecule has 0 bridgehead atoms. The van der Waals surface area contributed by atoms with Crippen LogP contribution >= 0.6 is 0 Å². The Labute approximate surface area is 151 Å². The van der Waals surface area contributed by atoms with Crippen molar-refractivity contribution >= 4 is 28.7 Å². The van der Waals surface area contributed by atoms with Crippen LogP contribution in [0.25, 0.3) is 23.1 Å². The zero-order chi connectivity index (χ0) is 19.6. The van der Waals surface area contributed by atoms with E-state index in [1.165, 1.54) is 37.6 Å². The SMILES string of the molecule is COc1cc([N+](=O)[O-])c2nccc(C=Cc3cccc(C(F)(F)F)c3)c2c1. The number of rotatable bonds is 4. The van der Waals surface area contributed by atoms with Crippen LogP contribution in [-0.2, 0) is 6.18 Å². The summed E-state index contributed by atoms with van der Waals surface area (Å²) in [5.74, 6) is 0.288. The number of pyridine rings is 1. The first kappa shape index (κ1) is 18.4. The number of hydrogen-bond donors (Lipinski definition) is 0. The molecule has 0 aliphatic carbocycles. The van der Waals surface area contributed by atoms with Gasteiger partial charge in [0.1, 0.15) is 11.3 Å². The average molecular weight is 374 g/mol. The monoisotopic (exact) mass is 374 g/mol. The number of nitro benzene ring substituents is 1. The third-order valence-electron chi connectivity index (χ3n) is 3.93. The first-order valence-electron chi connectivity index (χ1n) is 7.76. The summed E-state index contributed by atoms with van der Waals surface area (Å²) in [6, 6.07) is 9.38. The highest BCUT2D eigenvalue weighted by Gasteiger charge is 2.30. The Balaban J connectivity index is 2.09. The second kappa shape index (κ2) is 7.06. The molecule has 3 rings (SSSR count). The van der Waals surface area contributed by atoms with Crippen LogP contribution in [0.2, 0.25) is 0 Å². The van der Waals surface area contributed by atoms with Crippen LogP contribution in [0, 0.1) is 10.1 Å². The Morgan fingerprint density at radius 3 is 2.59 bits per heavy atom. The minimum Gasteiger partial charge on any atom is -0.496 e. The van der Waals surface area contributed by atoms with Crippen molar-refractivity contribution < 1.29 is 22.8 Å². The van der Waals surface area contributed by atoms with Gasteiger partial charge < -0.3 is 4.74 Å². The van der Waals surface area contributed by atoms with Gasteiger partial charge in [0.2, 0.25) is 0 Å².